The van der Waals surface area contributed by atoms with Crippen LogP contribution in [0, 0.1) is 5.41 Å². The molecule has 0 saturated heterocycles. The normalized spacial score (nSPS) is 27.1. The van der Waals surface area contributed by atoms with Crippen molar-refractivity contribution in [1.29, 1.82) is 0 Å². The van der Waals surface area contributed by atoms with Crippen molar-refractivity contribution in [2.24, 2.45) is 5.41 Å². The van der Waals surface area contributed by atoms with Crippen LogP contribution in [0.25, 0.3) is 0 Å². The minimum Gasteiger partial charge on any atom is -0.381 e. The second kappa shape index (κ2) is 5.00. The van der Waals surface area contributed by atoms with E-state index in [2.05, 4.69) is 29.8 Å². The van der Waals surface area contributed by atoms with Gasteiger partial charge < -0.3 is 16.0 Å². The van der Waals surface area contributed by atoms with Gasteiger partial charge in [0.2, 0.25) is 5.91 Å². The van der Waals surface area contributed by atoms with Crippen molar-refractivity contribution in [3.05, 3.63) is 24.3 Å². The molecule has 1 saturated carbocycles. The summed E-state index contributed by atoms with van der Waals surface area (Å²) in [4.78, 5) is 12.4. The number of hydrogen-bond donors (Lipinski definition) is 3. The van der Waals surface area contributed by atoms with Gasteiger partial charge in [-0.2, -0.15) is 0 Å². The van der Waals surface area contributed by atoms with E-state index in [1.54, 1.807) is 0 Å². The molecule has 108 valence electrons. The summed E-state index contributed by atoms with van der Waals surface area (Å²) in [7, 11) is 0. The summed E-state index contributed by atoms with van der Waals surface area (Å²) in [5.41, 5.74) is 2.29. The molecule has 3 N–H and O–H groups in total. The number of anilines is 2. The highest BCUT2D eigenvalue weighted by Gasteiger charge is 2.36. The Balaban J connectivity index is 1.65. The van der Waals surface area contributed by atoms with Crippen molar-refractivity contribution < 1.29 is 4.79 Å². The first kappa shape index (κ1) is 13.3. The number of fused-ring (bicyclic) bond motifs is 1. The van der Waals surface area contributed by atoms with Crippen LogP contribution in [0.2, 0.25) is 0 Å². The van der Waals surface area contributed by atoms with Crippen LogP contribution in [0.3, 0.4) is 0 Å². The Morgan fingerprint density at radius 1 is 1.30 bits per heavy atom. The van der Waals surface area contributed by atoms with Crippen LogP contribution >= 0.6 is 0 Å². The highest BCUT2D eigenvalue weighted by molar-refractivity contribution is 5.88. The van der Waals surface area contributed by atoms with Gasteiger partial charge in [0.25, 0.3) is 0 Å². The van der Waals surface area contributed by atoms with Gasteiger partial charge in [-0.3, -0.25) is 4.79 Å². The molecule has 2 unspecified atom stereocenters. The number of amides is 1. The maximum absolute atomic E-state index is 12.4. The van der Waals surface area contributed by atoms with Crippen LogP contribution in [0.15, 0.2) is 24.3 Å². The molecule has 2 aliphatic rings. The molecule has 2 atom stereocenters. The van der Waals surface area contributed by atoms with E-state index in [9.17, 15) is 4.79 Å². The Bertz CT molecular complexity index is 512. The highest BCUT2D eigenvalue weighted by atomic mass is 16.2. The zero-order valence-electron chi connectivity index (χ0n) is 12.2. The predicted octanol–water partition coefficient (Wildman–Crippen LogP) is 2.59. The van der Waals surface area contributed by atoms with Gasteiger partial charge in [-0.1, -0.05) is 32.4 Å². The summed E-state index contributed by atoms with van der Waals surface area (Å²) >= 11 is 0. The number of carbonyl (C=O) groups is 1. The molecule has 4 heteroatoms. The lowest BCUT2D eigenvalue weighted by molar-refractivity contribution is -0.122. The number of carbonyl (C=O) groups excluding carboxylic acids is 1. The average molecular weight is 273 g/mol. The lowest BCUT2D eigenvalue weighted by atomic mass is 9.87. The van der Waals surface area contributed by atoms with Crippen LogP contribution in [-0.2, 0) is 4.79 Å². The second-order valence-corrected chi connectivity index (χ2v) is 6.57. The largest absolute Gasteiger partial charge is 0.381 e. The maximum atomic E-state index is 12.4. The summed E-state index contributed by atoms with van der Waals surface area (Å²) < 4.78 is 0. The van der Waals surface area contributed by atoms with E-state index in [1.807, 2.05) is 24.3 Å². The third-order valence-corrected chi connectivity index (χ3v) is 4.64. The number of benzene rings is 1. The number of nitrogens with one attached hydrogen (secondary N) is 3. The Hall–Kier alpha value is -1.71. The molecule has 3 rings (SSSR count). The SMILES string of the molecule is CC1(C)CCCC1NC(=O)C1CNc2ccccc2N1. The molecule has 4 nitrogen and oxygen atoms in total. The molecule has 0 bridgehead atoms. The predicted molar refractivity (Wildman–Crippen MR) is 81.9 cm³/mol. The van der Waals surface area contributed by atoms with Crippen LogP contribution in [0.1, 0.15) is 33.1 Å². The van der Waals surface area contributed by atoms with E-state index < -0.39 is 0 Å². The smallest absolute Gasteiger partial charge is 0.244 e. The van der Waals surface area contributed by atoms with Crippen molar-refractivity contribution in [1.82, 2.24) is 5.32 Å². The molecular formula is C16H23N3O. The van der Waals surface area contributed by atoms with Gasteiger partial charge in [-0.05, 0) is 30.4 Å². The summed E-state index contributed by atoms with van der Waals surface area (Å²) in [5, 5.41) is 9.87. The van der Waals surface area contributed by atoms with E-state index in [0.29, 0.717) is 12.6 Å². The van der Waals surface area contributed by atoms with Gasteiger partial charge in [0.15, 0.2) is 0 Å². The lowest BCUT2D eigenvalue weighted by Gasteiger charge is -2.32. The van der Waals surface area contributed by atoms with Crippen molar-refractivity contribution in [2.75, 3.05) is 17.2 Å². The molecule has 1 aromatic carbocycles. The Morgan fingerprint density at radius 3 is 2.75 bits per heavy atom. The first-order chi connectivity index (χ1) is 9.56. The van der Waals surface area contributed by atoms with Crippen LogP contribution < -0.4 is 16.0 Å². The maximum Gasteiger partial charge on any atom is 0.244 e. The molecule has 1 heterocycles. The summed E-state index contributed by atoms with van der Waals surface area (Å²) in [6.07, 6.45) is 3.49. The fourth-order valence-corrected chi connectivity index (χ4v) is 3.24. The Kier molecular flexibility index (Phi) is 3.32. The number of hydrogen-bond acceptors (Lipinski definition) is 3. The van der Waals surface area contributed by atoms with E-state index in [1.165, 1.54) is 12.8 Å². The monoisotopic (exact) mass is 273 g/mol. The van der Waals surface area contributed by atoms with Gasteiger partial charge in [0, 0.05) is 12.6 Å². The van der Waals surface area contributed by atoms with E-state index in [4.69, 9.17) is 0 Å². The first-order valence-electron chi connectivity index (χ1n) is 7.46. The molecule has 0 aromatic heterocycles. The quantitative estimate of drug-likeness (QED) is 0.776. The minimum absolute atomic E-state index is 0.104. The third kappa shape index (κ3) is 2.47. The van der Waals surface area contributed by atoms with Crippen molar-refractivity contribution in [3.8, 4) is 0 Å². The van der Waals surface area contributed by atoms with Crippen LogP contribution in [0.4, 0.5) is 11.4 Å². The fourth-order valence-electron chi connectivity index (χ4n) is 3.24. The van der Waals surface area contributed by atoms with Gasteiger partial charge in [-0.15, -0.1) is 0 Å². The summed E-state index contributed by atoms with van der Waals surface area (Å²) in [5.74, 6) is 0.104. The topological polar surface area (TPSA) is 53.2 Å². The van der Waals surface area contributed by atoms with E-state index in [-0.39, 0.29) is 17.4 Å². The zero-order chi connectivity index (χ0) is 14.2. The van der Waals surface area contributed by atoms with Gasteiger partial charge in [0.05, 0.1) is 11.4 Å². The average Bonchev–Trinajstić information content (AvgIpc) is 2.77. The Morgan fingerprint density at radius 2 is 2.05 bits per heavy atom. The van der Waals surface area contributed by atoms with E-state index >= 15 is 0 Å². The lowest BCUT2D eigenvalue weighted by Crippen LogP contribution is -2.51. The highest BCUT2D eigenvalue weighted by Crippen LogP contribution is 2.37. The Labute approximate surface area is 120 Å². The molecule has 1 amide bonds. The molecule has 1 fully saturated rings. The van der Waals surface area contributed by atoms with Crippen molar-refractivity contribution >= 4 is 17.3 Å². The van der Waals surface area contributed by atoms with E-state index in [0.717, 1.165) is 17.8 Å². The molecule has 1 aromatic rings. The van der Waals surface area contributed by atoms with Crippen molar-refractivity contribution in [2.45, 2.75) is 45.2 Å². The van der Waals surface area contributed by atoms with Gasteiger partial charge in [0.1, 0.15) is 6.04 Å². The first-order valence-corrected chi connectivity index (χ1v) is 7.46. The minimum atomic E-state index is -0.193. The molecule has 0 radical (unpaired) electrons. The van der Waals surface area contributed by atoms with Gasteiger partial charge in [-0.25, -0.2) is 0 Å². The molecule has 1 aliphatic carbocycles. The van der Waals surface area contributed by atoms with Crippen LogP contribution in [0.5, 0.6) is 0 Å². The molecule has 20 heavy (non-hydrogen) atoms. The summed E-state index contributed by atoms with van der Waals surface area (Å²) in [6, 6.07) is 8.11. The fraction of sp³-hybridized carbons (Fsp3) is 0.562. The molecular weight excluding hydrogens is 250 g/mol. The second-order valence-electron chi connectivity index (χ2n) is 6.57. The van der Waals surface area contributed by atoms with Gasteiger partial charge >= 0.3 is 0 Å². The van der Waals surface area contributed by atoms with Crippen molar-refractivity contribution in [3.63, 3.8) is 0 Å². The number of para-hydroxylation sites is 2. The molecule has 0 spiro atoms. The third-order valence-electron chi connectivity index (χ3n) is 4.64. The summed E-state index contributed by atoms with van der Waals surface area (Å²) in [6.45, 7) is 5.12. The molecule has 1 aliphatic heterocycles. The standard InChI is InChI=1S/C16H23N3O/c1-16(2)9-5-8-14(16)19-15(20)13-10-17-11-6-3-4-7-12(11)18-13/h3-4,6-7,13-14,17-18H,5,8-10H2,1-2H3,(H,19,20). The number of rotatable bonds is 2. The zero-order valence-corrected chi connectivity index (χ0v) is 12.2. The van der Waals surface area contributed by atoms with Crippen LogP contribution in [-0.4, -0.2) is 24.5 Å².